The minimum Gasteiger partial charge on any atom is -0.322 e. The zero-order chi connectivity index (χ0) is 21.9. The number of aryl methyl sites for hydroxylation is 1. The average Bonchev–Trinajstić information content (AvgIpc) is 2.73. The van der Waals surface area contributed by atoms with Gasteiger partial charge in [0, 0.05) is 6.54 Å². The molecule has 1 amide bonds. The number of halogens is 3. The van der Waals surface area contributed by atoms with Crippen molar-refractivity contribution in [3.8, 4) is 0 Å². The van der Waals surface area contributed by atoms with E-state index in [0.29, 0.717) is 25.3 Å². The number of sulfonamides is 1. The molecule has 0 spiro atoms. The molecule has 5 nitrogen and oxygen atoms in total. The fourth-order valence-electron chi connectivity index (χ4n) is 3.28. The summed E-state index contributed by atoms with van der Waals surface area (Å²) >= 11 is 0. The zero-order valence-electron chi connectivity index (χ0n) is 16.3. The molecule has 1 aliphatic carbocycles. The molecule has 0 aliphatic heterocycles. The van der Waals surface area contributed by atoms with Gasteiger partial charge in [-0.05, 0) is 48.6 Å². The first kappa shape index (κ1) is 22.0. The second-order valence-corrected chi connectivity index (χ2v) is 8.91. The summed E-state index contributed by atoms with van der Waals surface area (Å²) in [5.74, 6) is -5.49. The second-order valence-electron chi connectivity index (χ2n) is 6.92. The Kier molecular flexibility index (Phi) is 6.62. The molecule has 0 bridgehead atoms. The molecular formula is C21H21F3N2O3S. The number of carbonyl (C=O) groups excluding carboxylic acids is 1. The monoisotopic (exact) mass is 438 g/mol. The molecule has 0 saturated heterocycles. The summed E-state index contributed by atoms with van der Waals surface area (Å²) in [4.78, 5) is 12.6. The van der Waals surface area contributed by atoms with E-state index >= 15 is 0 Å². The van der Waals surface area contributed by atoms with E-state index in [9.17, 15) is 26.4 Å². The fraction of sp³-hybridized carbons (Fsp3) is 0.286. The molecule has 0 radical (unpaired) electrons. The van der Waals surface area contributed by atoms with E-state index in [1.165, 1.54) is 0 Å². The first-order valence-corrected chi connectivity index (χ1v) is 10.9. The molecule has 0 unspecified atom stereocenters. The molecule has 0 saturated carbocycles. The number of carbonyl (C=O) groups is 1. The van der Waals surface area contributed by atoms with Crippen molar-refractivity contribution in [1.29, 1.82) is 0 Å². The molecule has 0 atom stereocenters. The minimum absolute atomic E-state index is 0.0784. The molecule has 0 aromatic heterocycles. The first-order valence-electron chi connectivity index (χ1n) is 9.46. The number of anilines is 1. The molecule has 9 heteroatoms. The lowest BCUT2D eigenvalue weighted by Gasteiger charge is -2.25. The van der Waals surface area contributed by atoms with Crippen molar-refractivity contribution in [1.82, 2.24) is 4.31 Å². The number of nitrogens with zero attached hydrogens (tertiary/aromatic N) is 1. The van der Waals surface area contributed by atoms with E-state index < -0.39 is 45.6 Å². The minimum atomic E-state index is -3.94. The molecule has 3 rings (SSSR count). The zero-order valence-corrected chi connectivity index (χ0v) is 17.1. The third-order valence-corrected chi connectivity index (χ3v) is 6.76. The number of fused-ring (bicyclic) bond motifs is 1. The highest BCUT2D eigenvalue weighted by atomic mass is 32.2. The van der Waals surface area contributed by atoms with Crippen molar-refractivity contribution in [2.24, 2.45) is 0 Å². The maximum Gasteiger partial charge on any atom is 0.239 e. The smallest absolute Gasteiger partial charge is 0.239 e. The Morgan fingerprint density at radius 3 is 2.53 bits per heavy atom. The van der Waals surface area contributed by atoms with Crippen LogP contribution in [-0.2, 0) is 21.2 Å². The Balaban J connectivity index is 1.81. The van der Waals surface area contributed by atoms with Crippen LogP contribution < -0.4 is 5.32 Å². The number of hydrogen-bond donors (Lipinski definition) is 1. The lowest BCUT2D eigenvalue weighted by atomic mass is 9.98. The van der Waals surface area contributed by atoms with Crippen LogP contribution in [0.5, 0.6) is 0 Å². The number of rotatable bonds is 7. The van der Waals surface area contributed by atoms with Crippen LogP contribution >= 0.6 is 0 Å². The Morgan fingerprint density at radius 1 is 1.07 bits per heavy atom. The summed E-state index contributed by atoms with van der Waals surface area (Å²) in [6.45, 7) is 1.27. The standard InChI is InChI=1S/C21H21F3N2O3S/c1-2-11-26(13-19(27)25-18-10-9-17(22)20(23)21(18)24)30(28,29)16-8-7-14-5-3-4-6-15(14)12-16/h3-6,9-10,12H,2,7-8,11,13H2,1H3,(H,25,27). The highest BCUT2D eigenvalue weighted by molar-refractivity contribution is 7.93. The lowest BCUT2D eigenvalue weighted by molar-refractivity contribution is -0.116. The van der Waals surface area contributed by atoms with Crippen molar-refractivity contribution in [2.75, 3.05) is 18.4 Å². The summed E-state index contributed by atoms with van der Waals surface area (Å²) in [7, 11) is -3.94. The maximum absolute atomic E-state index is 13.8. The number of nitrogens with one attached hydrogen (secondary N) is 1. The van der Waals surface area contributed by atoms with E-state index in [-0.39, 0.29) is 11.4 Å². The van der Waals surface area contributed by atoms with E-state index in [1.54, 1.807) is 13.0 Å². The van der Waals surface area contributed by atoms with Gasteiger partial charge < -0.3 is 5.32 Å². The number of benzene rings is 2. The van der Waals surface area contributed by atoms with Crippen molar-refractivity contribution >= 4 is 27.7 Å². The highest BCUT2D eigenvalue weighted by Crippen LogP contribution is 2.29. The van der Waals surface area contributed by atoms with E-state index in [1.807, 2.05) is 24.3 Å². The van der Waals surface area contributed by atoms with Crippen LogP contribution in [0.3, 0.4) is 0 Å². The molecule has 0 heterocycles. The Hall–Kier alpha value is -2.65. The van der Waals surface area contributed by atoms with Gasteiger partial charge in [0.05, 0.1) is 17.1 Å². The van der Waals surface area contributed by atoms with Crippen molar-refractivity contribution < 1.29 is 26.4 Å². The van der Waals surface area contributed by atoms with Gasteiger partial charge in [-0.3, -0.25) is 4.79 Å². The molecule has 160 valence electrons. The normalized spacial score (nSPS) is 13.7. The van der Waals surface area contributed by atoms with Crippen molar-refractivity contribution in [2.45, 2.75) is 26.2 Å². The number of hydrogen-bond acceptors (Lipinski definition) is 3. The summed E-state index contributed by atoms with van der Waals surface area (Å²) in [5.41, 5.74) is 1.30. The number of amides is 1. The van der Waals surface area contributed by atoms with Crippen LogP contribution in [0.4, 0.5) is 18.9 Å². The van der Waals surface area contributed by atoms with Gasteiger partial charge >= 0.3 is 0 Å². The van der Waals surface area contributed by atoms with Crippen LogP contribution in [0.2, 0.25) is 0 Å². The number of allylic oxidation sites excluding steroid dienone is 1. The highest BCUT2D eigenvalue weighted by Gasteiger charge is 2.30. The van der Waals surface area contributed by atoms with Gasteiger partial charge in [0.25, 0.3) is 0 Å². The third kappa shape index (κ3) is 4.57. The molecule has 0 fully saturated rings. The van der Waals surface area contributed by atoms with E-state index in [2.05, 4.69) is 5.32 Å². The third-order valence-electron chi connectivity index (χ3n) is 4.79. The lowest BCUT2D eigenvalue weighted by Crippen LogP contribution is -2.39. The fourth-order valence-corrected chi connectivity index (χ4v) is 4.96. The molecular weight excluding hydrogens is 417 g/mol. The van der Waals surface area contributed by atoms with Crippen LogP contribution in [0.15, 0.2) is 41.3 Å². The van der Waals surface area contributed by atoms with Crippen molar-refractivity contribution in [3.63, 3.8) is 0 Å². The molecule has 1 N–H and O–H groups in total. The molecule has 2 aromatic rings. The van der Waals surface area contributed by atoms with Gasteiger partial charge in [0.2, 0.25) is 15.9 Å². The van der Waals surface area contributed by atoms with Crippen LogP contribution in [0.25, 0.3) is 6.08 Å². The Labute approximate surface area is 173 Å². The van der Waals surface area contributed by atoms with Crippen molar-refractivity contribution in [3.05, 3.63) is 69.9 Å². The average molecular weight is 438 g/mol. The van der Waals surface area contributed by atoms with Crippen LogP contribution in [-0.4, -0.2) is 31.7 Å². The predicted molar refractivity (Wildman–Crippen MR) is 108 cm³/mol. The Bertz CT molecular complexity index is 1100. The van der Waals surface area contributed by atoms with Gasteiger partial charge in [-0.2, -0.15) is 4.31 Å². The van der Waals surface area contributed by atoms with Crippen LogP contribution in [0, 0.1) is 17.5 Å². The quantitative estimate of drug-likeness (QED) is 0.663. The first-order chi connectivity index (χ1) is 14.2. The molecule has 2 aromatic carbocycles. The molecule has 1 aliphatic rings. The summed E-state index contributed by atoms with van der Waals surface area (Å²) in [6, 6.07) is 9.02. The van der Waals surface area contributed by atoms with E-state index in [0.717, 1.165) is 21.5 Å². The van der Waals surface area contributed by atoms with Gasteiger partial charge in [-0.1, -0.05) is 31.2 Å². The molecule has 30 heavy (non-hydrogen) atoms. The maximum atomic E-state index is 13.8. The largest absolute Gasteiger partial charge is 0.322 e. The predicted octanol–water partition coefficient (Wildman–Crippen LogP) is 4.07. The second kappa shape index (κ2) is 9.01. The van der Waals surface area contributed by atoms with E-state index in [4.69, 9.17) is 0 Å². The van der Waals surface area contributed by atoms with Gasteiger partial charge in [0.1, 0.15) is 0 Å². The van der Waals surface area contributed by atoms with Gasteiger partial charge in [-0.15, -0.1) is 0 Å². The summed E-state index contributed by atoms with van der Waals surface area (Å²) in [6.07, 6.45) is 2.92. The van der Waals surface area contributed by atoms with Gasteiger partial charge in [-0.25, -0.2) is 21.6 Å². The topological polar surface area (TPSA) is 66.5 Å². The summed E-state index contributed by atoms with van der Waals surface area (Å²) in [5, 5.41) is 2.11. The van der Waals surface area contributed by atoms with Crippen LogP contribution in [0.1, 0.15) is 30.9 Å². The Morgan fingerprint density at radius 2 is 1.80 bits per heavy atom. The SMILES string of the molecule is CCCN(CC(=O)Nc1ccc(F)c(F)c1F)S(=O)(=O)C1=Cc2ccccc2CC1. The summed E-state index contributed by atoms with van der Waals surface area (Å²) < 4.78 is 67.5. The van der Waals surface area contributed by atoms with Gasteiger partial charge in [0.15, 0.2) is 17.5 Å².